The predicted molar refractivity (Wildman–Crippen MR) is 67.0 cm³/mol. The van der Waals surface area contributed by atoms with Crippen molar-refractivity contribution in [2.75, 3.05) is 46.8 Å². The third-order valence-electron chi connectivity index (χ3n) is 3.52. The van der Waals surface area contributed by atoms with Crippen LogP contribution >= 0.6 is 0 Å². The van der Waals surface area contributed by atoms with Crippen LogP contribution in [0.3, 0.4) is 0 Å². The van der Waals surface area contributed by atoms with Gasteiger partial charge in [-0.3, -0.25) is 0 Å². The molecule has 1 aliphatic heterocycles. The van der Waals surface area contributed by atoms with Gasteiger partial charge in [0, 0.05) is 13.0 Å². The fraction of sp³-hybridized carbons (Fsp3) is 1.00. The van der Waals surface area contributed by atoms with E-state index in [1.165, 1.54) is 69.3 Å². The van der Waals surface area contributed by atoms with Gasteiger partial charge in [0.05, 0.1) is 27.2 Å². The van der Waals surface area contributed by atoms with E-state index < -0.39 is 0 Å². The second kappa shape index (κ2) is 6.49. The van der Waals surface area contributed by atoms with E-state index in [0.717, 1.165) is 0 Å². The smallest absolute Gasteiger partial charge is 0.0794 e. The van der Waals surface area contributed by atoms with Crippen LogP contribution < -0.4 is 0 Å². The summed E-state index contributed by atoms with van der Waals surface area (Å²) in [7, 11) is 4.72. The number of hydrogen-bond donors (Lipinski definition) is 0. The summed E-state index contributed by atoms with van der Waals surface area (Å²) in [6.07, 6.45) is 6.97. The van der Waals surface area contributed by atoms with Crippen molar-refractivity contribution in [3.8, 4) is 0 Å². The van der Waals surface area contributed by atoms with Crippen molar-refractivity contribution >= 4 is 0 Å². The molecule has 1 rings (SSSR count). The highest BCUT2D eigenvalue weighted by atomic mass is 15.3. The topological polar surface area (TPSA) is 3.24 Å². The first-order valence-corrected chi connectivity index (χ1v) is 6.68. The first kappa shape index (κ1) is 13.0. The van der Waals surface area contributed by atoms with Gasteiger partial charge in [0.1, 0.15) is 0 Å². The Bertz CT molecular complexity index is 160. The summed E-state index contributed by atoms with van der Waals surface area (Å²) in [6.45, 7) is 8.96. The fourth-order valence-corrected chi connectivity index (χ4v) is 2.62. The van der Waals surface area contributed by atoms with Gasteiger partial charge in [-0.1, -0.05) is 13.3 Å². The number of likely N-dealkylation sites (tertiary alicyclic amines) is 1. The summed E-state index contributed by atoms with van der Waals surface area (Å²) in [6, 6.07) is 0. The fourth-order valence-electron chi connectivity index (χ4n) is 2.62. The average Bonchev–Trinajstić information content (AvgIpc) is 2.19. The van der Waals surface area contributed by atoms with Gasteiger partial charge in [-0.25, -0.2) is 0 Å². The van der Waals surface area contributed by atoms with Crippen molar-refractivity contribution in [3.05, 3.63) is 0 Å². The van der Waals surface area contributed by atoms with Gasteiger partial charge in [0.25, 0.3) is 0 Å². The lowest BCUT2D eigenvalue weighted by Gasteiger charge is -2.31. The Labute approximate surface area is 95.8 Å². The Morgan fingerprint density at radius 3 is 2.27 bits per heavy atom. The maximum absolute atomic E-state index is 2.65. The maximum atomic E-state index is 2.65. The van der Waals surface area contributed by atoms with Crippen LogP contribution in [0.2, 0.25) is 0 Å². The zero-order valence-corrected chi connectivity index (χ0v) is 11.0. The van der Waals surface area contributed by atoms with E-state index in [1.54, 1.807) is 0 Å². The minimum Gasteiger partial charge on any atom is -0.328 e. The quantitative estimate of drug-likeness (QED) is 0.612. The molecule has 0 aromatic rings. The van der Waals surface area contributed by atoms with E-state index in [2.05, 4.69) is 25.9 Å². The van der Waals surface area contributed by atoms with Crippen LogP contribution in [0.1, 0.15) is 39.0 Å². The monoisotopic (exact) mass is 213 g/mol. The van der Waals surface area contributed by atoms with Gasteiger partial charge < -0.3 is 9.38 Å². The molecule has 2 heteroatoms. The molecule has 0 amide bonds. The second-order valence-electron chi connectivity index (χ2n) is 5.64. The van der Waals surface area contributed by atoms with Crippen molar-refractivity contribution < 1.29 is 4.48 Å². The molecule has 0 N–H and O–H groups in total. The summed E-state index contributed by atoms with van der Waals surface area (Å²) < 4.78 is 1.20. The lowest BCUT2D eigenvalue weighted by atomic mass is 10.1. The molecule has 1 fully saturated rings. The molecule has 1 saturated heterocycles. The maximum Gasteiger partial charge on any atom is 0.0794 e. The lowest BCUT2D eigenvalue weighted by Crippen LogP contribution is -2.42. The summed E-state index contributed by atoms with van der Waals surface area (Å²) in [4.78, 5) is 2.65. The Morgan fingerprint density at radius 2 is 1.67 bits per heavy atom. The molecule has 0 aromatic carbocycles. The van der Waals surface area contributed by atoms with Crippen LogP contribution in [0.4, 0.5) is 0 Å². The van der Waals surface area contributed by atoms with E-state index in [4.69, 9.17) is 0 Å². The number of quaternary nitrogens is 1. The van der Waals surface area contributed by atoms with Crippen LogP contribution in [0.25, 0.3) is 0 Å². The third-order valence-corrected chi connectivity index (χ3v) is 3.52. The highest BCUT2D eigenvalue weighted by Gasteiger charge is 2.15. The van der Waals surface area contributed by atoms with Crippen LogP contribution in [-0.2, 0) is 0 Å². The molecule has 1 aliphatic rings. The van der Waals surface area contributed by atoms with Crippen LogP contribution in [0.5, 0.6) is 0 Å². The van der Waals surface area contributed by atoms with E-state index >= 15 is 0 Å². The number of piperidine rings is 1. The van der Waals surface area contributed by atoms with Crippen molar-refractivity contribution in [1.29, 1.82) is 0 Å². The minimum absolute atomic E-state index is 1.20. The molecule has 0 aliphatic carbocycles. The van der Waals surface area contributed by atoms with E-state index in [0.29, 0.717) is 0 Å². The van der Waals surface area contributed by atoms with Crippen LogP contribution in [0.15, 0.2) is 0 Å². The second-order valence-corrected chi connectivity index (χ2v) is 5.64. The van der Waals surface area contributed by atoms with E-state index in [1.807, 2.05) is 0 Å². The lowest BCUT2D eigenvalue weighted by molar-refractivity contribution is -0.890. The molecule has 0 aromatic heterocycles. The van der Waals surface area contributed by atoms with E-state index in [-0.39, 0.29) is 0 Å². The molecule has 0 bridgehead atoms. The summed E-state index contributed by atoms with van der Waals surface area (Å²) >= 11 is 0. The highest BCUT2D eigenvalue weighted by molar-refractivity contribution is 4.63. The highest BCUT2D eigenvalue weighted by Crippen LogP contribution is 2.09. The zero-order chi connectivity index (χ0) is 11.1. The summed E-state index contributed by atoms with van der Waals surface area (Å²) in [5.41, 5.74) is 0. The standard InChI is InChI=1S/C13H29N2/c1-4-12-15(2,3)13-8-11-14-9-6-5-7-10-14/h4-13H2,1-3H3/q+1. The molecule has 0 radical (unpaired) electrons. The Morgan fingerprint density at radius 1 is 1.00 bits per heavy atom. The van der Waals surface area contributed by atoms with Gasteiger partial charge >= 0.3 is 0 Å². The van der Waals surface area contributed by atoms with Crippen molar-refractivity contribution in [1.82, 2.24) is 4.90 Å². The molecule has 1 heterocycles. The molecule has 0 unspecified atom stereocenters. The largest absolute Gasteiger partial charge is 0.328 e. The van der Waals surface area contributed by atoms with Crippen molar-refractivity contribution in [2.24, 2.45) is 0 Å². The Balaban J connectivity index is 2.09. The third kappa shape index (κ3) is 5.53. The molecule has 0 spiro atoms. The minimum atomic E-state index is 1.20. The van der Waals surface area contributed by atoms with Gasteiger partial charge in [0.15, 0.2) is 0 Å². The molecular formula is C13H29N2+. The van der Waals surface area contributed by atoms with Crippen LogP contribution in [0, 0.1) is 0 Å². The summed E-state index contributed by atoms with van der Waals surface area (Å²) in [5, 5.41) is 0. The first-order valence-electron chi connectivity index (χ1n) is 6.68. The Hall–Kier alpha value is -0.0800. The van der Waals surface area contributed by atoms with Gasteiger partial charge in [-0.05, 0) is 32.4 Å². The van der Waals surface area contributed by atoms with Crippen molar-refractivity contribution in [2.45, 2.75) is 39.0 Å². The Kier molecular flexibility index (Phi) is 5.62. The first-order chi connectivity index (χ1) is 7.14. The molecule has 2 nitrogen and oxygen atoms in total. The zero-order valence-electron chi connectivity index (χ0n) is 11.0. The number of nitrogens with zero attached hydrogens (tertiary/aromatic N) is 2. The van der Waals surface area contributed by atoms with E-state index in [9.17, 15) is 0 Å². The van der Waals surface area contributed by atoms with Crippen molar-refractivity contribution in [3.63, 3.8) is 0 Å². The van der Waals surface area contributed by atoms with Gasteiger partial charge in [0.2, 0.25) is 0 Å². The molecule has 90 valence electrons. The molecule has 15 heavy (non-hydrogen) atoms. The molecular weight excluding hydrogens is 184 g/mol. The SMILES string of the molecule is CCC[N+](C)(C)CCCN1CCCCC1. The number of rotatable bonds is 6. The normalized spacial score (nSPS) is 19.4. The van der Waals surface area contributed by atoms with Gasteiger partial charge in [-0.2, -0.15) is 0 Å². The predicted octanol–water partition coefficient (Wildman–Crippen LogP) is 2.35. The average molecular weight is 213 g/mol. The molecule has 0 saturated carbocycles. The summed E-state index contributed by atoms with van der Waals surface area (Å²) in [5.74, 6) is 0. The van der Waals surface area contributed by atoms with Crippen LogP contribution in [-0.4, -0.2) is 56.2 Å². The number of hydrogen-bond acceptors (Lipinski definition) is 1. The van der Waals surface area contributed by atoms with Gasteiger partial charge in [-0.15, -0.1) is 0 Å². The molecule has 0 atom stereocenters.